The van der Waals surface area contributed by atoms with E-state index >= 15 is 0 Å². The van der Waals surface area contributed by atoms with Gasteiger partial charge < -0.3 is 14.3 Å². The fourth-order valence-electron chi connectivity index (χ4n) is 3.47. The Labute approximate surface area is 229 Å². The smallest absolute Gasteiger partial charge is 0.354 e. The minimum absolute atomic E-state index is 0.00701. The standard InChI is InChI=1S/C27H31FN4O6S/c1-16(2)37-23(20-13-19(28)10-11-22(20)36-7)15-31-14-21(18(5)29-38-17(3)4)25(33)32(27(31)35)30(6)26(34)24-9-8-12-39-24/h8-17H,1-7H3/b23-15-,29-18+. The molecule has 0 saturated carbocycles. The third-order valence-electron chi connectivity index (χ3n) is 5.26. The molecule has 0 radical (unpaired) electrons. The van der Waals surface area contributed by atoms with Crippen LogP contribution in [0.2, 0.25) is 0 Å². The number of carbonyl (C=O) groups excluding carboxylic acids is 1. The van der Waals surface area contributed by atoms with Crippen molar-refractivity contribution in [2.45, 2.75) is 46.8 Å². The van der Waals surface area contributed by atoms with Crippen LogP contribution in [-0.4, -0.2) is 47.2 Å². The monoisotopic (exact) mass is 558 g/mol. The first-order valence-electron chi connectivity index (χ1n) is 12.1. The van der Waals surface area contributed by atoms with Crippen LogP contribution in [0.4, 0.5) is 4.39 Å². The van der Waals surface area contributed by atoms with E-state index in [-0.39, 0.29) is 34.8 Å². The van der Waals surface area contributed by atoms with Gasteiger partial charge in [-0.1, -0.05) is 11.2 Å². The molecule has 208 valence electrons. The van der Waals surface area contributed by atoms with Crippen molar-refractivity contribution in [2.24, 2.45) is 5.16 Å². The first kappa shape index (κ1) is 29.4. The van der Waals surface area contributed by atoms with E-state index in [2.05, 4.69) is 5.16 Å². The Morgan fingerprint density at radius 1 is 1.13 bits per heavy atom. The molecule has 1 amide bonds. The number of nitrogens with zero attached hydrogens (tertiary/aromatic N) is 4. The average molecular weight is 559 g/mol. The normalized spacial score (nSPS) is 12.2. The lowest BCUT2D eigenvalue weighted by Gasteiger charge is -2.21. The van der Waals surface area contributed by atoms with Gasteiger partial charge in [-0.15, -0.1) is 11.3 Å². The van der Waals surface area contributed by atoms with Crippen molar-refractivity contribution in [1.82, 2.24) is 9.24 Å². The zero-order valence-corrected chi connectivity index (χ0v) is 23.6. The summed E-state index contributed by atoms with van der Waals surface area (Å²) in [6, 6.07) is 7.16. The van der Waals surface area contributed by atoms with Gasteiger partial charge in [-0.2, -0.15) is 4.68 Å². The van der Waals surface area contributed by atoms with Crippen molar-refractivity contribution in [3.05, 3.63) is 84.6 Å². The van der Waals surface area contributed by atoms with E-state index in [0.29, 0.717) is 15.3 Å². The summed E-state index contributed by atoms with van der Waals surface area (Å²) in [6.07, 6.45) is 1.94. The van der Waals surface area contributed by atoms with Crippen molar-refractivity contribution < 1.29 is 23.5 Å². The van der Waals surface area contributed by atoms with Crippen LogP contribution in [0.15, 0.2) is 56.7 Å². The molecule has 3 aromatic rings. The lowest BCUT2D eigenvalue weighted by molar-refractivity contribution is 0.0860. The van der Waals surface area contributed by atoms with E-state index in [1.807, 2.05) is 0 Å². The van der Waals surface area contributed by atoms with Gasteiger partial charge in [0, 0.05) is 13.2 Å². The number of hydrogen-bond donors (Lipinski definition) is 0. The number of hydrogen-bond acceptors (Lipinski definition) is 8. The SMILES string of the molecule is COc1ccc(F)cc1/C(=C/n1cc(/C(C)=N/OC(C)C)c(=O)n(N(C)C(=O)c2cccs2)c1=O)OC(C)C. The molecule has 0 bridgehead atoms. The molecule has 0 atom stereocenters. The minimum atomic E-state index is -0.867. The molecule has 0 saturated heterocycles. The molecule has 3 rings (SSSR count). The fourth-order valence-corrected chi connectivity index (χ4v) is 4.16. The molecule has 0 aliphatic heterocycles. The quantitative estimate of drug-likeness (QED) is 0.210. The van der Waals surface area contributed by atoms with Crippen molar-refractivity contribution in [1.29, 1.82) is 0 Å². The molecule has 1 aromatic carbocycles. The van der Waals surface area contributed by atoms with Crippen LogP contribution < -0.4 is 21.0 Å². The van der Waals surface area contributed by atoms with Crippen molar-refractivity contribution in [3.63, 3.8) is 0 Å². The Hall–Kier alpha value is -4.19. The molecule has 39 heavy (non-hydrogen) atoms. The minimum Gasteiger partial charge on any atom is -0.496 e. The van der Waals surface area contributed by atoms with Crippen LogP contribution in [0.25, 0.3) is 12.0 Å². The number of oxime groups is 1. The van der Waals surface area contributed by atoms with Gasteiger partial charge in [-0.05, 0) is 64.3 Å². The molecule has 0 spiro atoms. The number of methoxy groups -OCH3 is 1. The van der Waals surface area contributed by atoms with Gasteiger partial charge in [-0.3, -0.25) is 14.2 Å². The second-order valence-electron chi connectivity index (χ2n) is 8.99. The number of aromatic nitrogens is 2. The summed E-state index contributed by atoms with van der Waals surface area (Å²) in [5.74, 6) is -0.703. The number of thiophene rings is 1. The molecule has 0 fully saturated rings. The Bertz CT molecular complexity index is 1510. The van der Waals surface area contributed by atoms with Gasteiger partial charge in [0.15, 0.2) is 0 Å². The molecular weight excluding hydrogens is 527 g/mol. The lowest BCUT2D eigenvalue weighted by atomic mass is 10.1. The third-order valence-corrected chi connectivity index (χ3v) is 6.11. The summed E-state index contributed by atoms with van der Waals surface area (Å²) in [4.78, 5) is 45.9. The maximum Gasteiger partial charge on any atom is 0.354 e. The van der Waals surface area contributed by atoms with Crippen molar-refractivity contribution in [3.8, 4) is 5.75 Å². The zero-order valence-electron chi connectivity index (χ0n) is 22.8. The van der Waals surface area contributed by atoms with Gasteiger partial charge in [0.1, 0.15) is 23.4 Å². The molecule has 0 N–H and O–H groups in total. The number of amides is 1. The average Bonchev–Trinajstić information content (AvgIpc) is 3.42. The molecule has 12 heteroatoms. The Morgan fingerprint density at radius 3 is 2.44 bits per heavy atom. The molecule has 0 aliphatic rings. The van der Waals surface area contributed by atoms with Crippen LogP contribution in [-0.2, 0) is 9.57 Å². The van der Waals surface area contributed by atoms with E-state index in [0.717, 1.165) is 9.58 Å². The highest BCUT2D eigenvalue weighted by molar-refractivity contribution is 7.12. The molecule has 2 heterocycles. The van der Waals surface area contributed by atoms with E-state index < -0.39 is 23.0 Å². The molecule has 2 aromatic heterocycles. The topological polar surface area (TPSA) is 104 Å². The number of ether oxygens (including phenoxy) is 2. The first-order chi connectivity index (χ1) is 18.4. The van der Waals surface area contributed by atoms with Gasteiger partial charge >= 0.3 is 5.69 Å². The zero-order chi connectivity index (χ0) is 28.9. The van der Waals surface area contributed by atoms with Gasteiger partial charge in [-0.25, -0.2) is 14.2 Å². The summed E-state index contributed by atoms with van der Waals surface area (Å²) < 4.78 is 27.3. The van der Waals surface area contributed by atoms with Crippen molar-refractivity contribution >= 4 is 34.9 Å². The van der Waals surface area contributed by atoms with Crippen LogP contribution >= 0.6 is 11.3 Å². The largest absolute Gasteiger partial charge is 0.496 e. The van der Waals surface area contributed by atoms with Crippen LogP contribution in [0.1, 0.15) is 55.4 Å². The fraction of sp³-hybridized carbons (Fsp3) is 0.333. The van der Waals surface area contributed by atoms with E-state index in [9.17, 15) is 18.8 Å². The van der Waals surface area contributed by atoms with Gasteiger partial charge in [0.25, 0.3) is 11.5 Å². The Balaban J connectivity index is 2.33. The van der Waals surface area contributed by atoms with Crippen LogP contribution in [0.3, 0.4) is 0 Å². The number of rotatable bonds is 10. The summed E-state index contributed by atoms with van der Waals surface area (Å²) >= 11 is 1.17. The highest BCUT2D eigenvalue weighted by Gasteiger charge is 2.23. The molecule has 0 unspecified atom stereocenters. The number of halogens is 1. The van der Waals surface area contributed by atoms with E-state index in [4.69, 9.17) is 14.3 Å². The summed E-state index contributed by atoms with van der Waals surface area (Å²) in [5, 5.41) is 6.66. The summed E-state index contributed by atoms with van der Waals surface area (Å²) in [5.41, 5.74) is -1.23. The Kier molecular flexibility index (Phi) is 9.47. The number of benzene rings is 1. The highest BCUT2D eigenvalue weighted by atomic mass is 32.1. The van der Waals surface area contributed by atoms with E-state index in [1.54, 1.807) is 52.1 Å². The van der Waals surface area contributed by atoms with Gasteiger partial charge in [0.05, 0.1) is 41.1 Å². The number of carbonyl (C=O) groups is 1. The second kappa shape index (κ2) is 12.6. The maximum absolute atomic E-state index is 14.2. The molecule has 0 aliphatic carbocycles. The summed E-state index contributed by atoms with van der Waals surface area (Å²) in [6.45, 7) is 8.62. The first-order valence-corrected chi connectivity index (χ1v) is 13.0. The molecule has 10 nitrogen and oxygen atoms in total. The predicted octanol–water partition coefficient (Wildman–Crippen LogP) is 4.16. The molecular formula is C27H31FN4O6S. The van der Waals surface area contributed by atoms with Crippen molar-refractivity contribution in [2.75, 3.05) is 19.2 Å². The van der Waals surface area contributed by atoms with Crippen LogP contribution in [0, 0.1) is 5.82 Å². The lowest BCUT2D eigenvalue weighted by Crippen LogP contribution is -2.53. The Morgan fingerprint density at radius 2 is 1.85 bits per heavy atom. The van der Waals surface area contributed by atoms with Gasteiger partial charge in [0.2, 0.25) is 0 Å². The predicted molar refractivity (Wildman–Crippen MR) is 150 cm³/mol. The van der Waals surface area contributed by atoms with E-state index in [1.165, 1.54) is 56.1 Å². The third kappa shape index (κ3) is 6.82. The van der Waals surface area contributed by atoms with Crippen LogP contribution in [0.5, 0.6) is 5.75 Å². The maximum atomic E-state index is 14.2. The second-order valence-corrected chi connectivity index (χ2v) is 9.94. The highest BCUT2D eigenvalue weighted by Crippen LogP contribution is 2.29. The summed E-state index contributed by atoms with van der Waals surface area (Å²) in [7, 11) is 2.74.